The molecule has 0 aromatic rings. The average Bonchev–Trinajstić information content (AvgIpc) is 2.32. The molecule has 4 heteroatoms. The summed E-state index contributed by atoms with van der Waals surface area (Å²) in [5, 5.41) is 12.8. The van der Waals surface area contributed by atoms with Crippen molar-refractivity contribution in [3.8, 4) is 6.07 Å². The maximum Gasteiger partial charge on any atom is 0.161 e. The van der Waals surface area contributed by atoms with Crippen molar-refractivity contribution < 1.29 is 4.79 Å². The zero-order valence-corrected chi connectivity index (χ0v) is 13.1. The van der Waals surface area contributed by atoms with Crippen LogP contribution in [0.5, 0.6) is 0 Å². The normalized spacial score (nSPS) is 32.2. The maximum atomic E-state index is 12.5. The highest BCUT2D eigenvalue weighted by Crippen LogP contribution is 2.47. The van der Waals surface area contributed by atoms with Crippen LogP contribution in [0.3, 0.4) is 0 Å². The number of nitrogens with one attached hydrogen (secondary N) is 1. The first-order valence-electron chi connectivity index (χ1n) is 6.87. The number of rotatable bonds is 2. The van der Waals surface area contributed by atoms with Crippen molar-refractivity contribution >= 4 is 23.0 Å². The molecule has 3 nitrogen and oxygen atoms in total. The van der Waals surface area contributed by atoms with E-state index in [0.717, 1.165) is 17.7 Å². The molecule has 2 aliphatic rings. The van der Waals surface area contributed by atoms with Crippen molar-refractivity contribution in [1.82, 2.24) is 5.32 Å². The van der Waals surface area contributed by atoms with Gasteiger partial charge in [0.2, 0.25) is 0 Å². The molecule has 2 rings (SSSR count). The maximum absolute atomic E-state index is 12.5. The van der Waals surface area contributed by atoms with Crippen LogP contribution < -0.4 is 5.32 Å². The molecule has 1 heterocycles. The molecular weight excluding hydrogens is 268 g/mol. The third-order valence-electron chi connectivity index (χ3n) is 4.43. The van der Waals surface area contributed by atoms with Crippen molar-refractivity contribution in [2.24, 2.45) is 16.7 Å². The summed E-state index contributed by atoms with van der Waals surface area (Å²) in [6.45, 7) is 9.83. The second-order valence-corrected chi connectivity index (χ2v) is 6.99. The van der Waals surface area contributed by atoms with E-state index in [-0.39, 0.29) is 17.1 Å². The summed E-state index contributed by atoms with van der Waals surface area (Å²) in [4.78, 5) is 13.0. The van der Waals surface area contributed by atoms with Gasteiger partial charge in [-0.15, -0.1) is 6.58 Å². The van der Waals surface area contributed by atoms with Gasteiger partial charge < -0.3 is 5.32 Å². The molecule has 1 N–H and O–H groups in total. The van der Waals surface area contributed by atoms with E-state index in [1.807, 2.05) is 6.92 Å². The summed E-state index contributed by atoms with van der Waals surface area (Å²) < 4.78 is 0. The molecule has 0 aromatic heterocycles. The number of carbonyl (C=O) groups excluding carboxylic acids is 1. The largest absolute Gasteiger partial charge is 0.352 e. The van der Waals surface area contributed by atoms with Crippen LogP contribution in [0.15, 0.2) is 23.9 Å². The number of ketones is 1. The summed E-state index contributed by atoms with van der Waals surface area (Å²) in [5.41, 5.74) is 0.788. The SMILES string of the molecule is C=CC[C@]1(C#N)C(=S)NC2=C(C(=O)CC(C)(C)C2)[C@H]1C. The summed E-state index contributed by atoms with van der Waals surface area (Å²) >= 11 is 5.44. The molecule has 0 aromatic carbocycles. The van der Waals surface area contributed by atoms with Gasteiger partial charge in [-0.1, -0.05) is 39.1 Å². The van der Waals surface area contributed by atoms with E-state index in [1.165, 1.54) is 0 Å². The molecule has 2 atom stereocenters. The van der Waals surface area contributed by atoms with E-state index >= 15 is 0 Å². The van der Waals surface area contributed by atoms with Crippen molar-refractivity contribution in [3.63, 3.8) is 0 Å². The molecular formula is C16H20N2OS. The Morgan fingerprint density at radius 1 is 1.55 bits per heavy atom. The van der Waals surface area contributed by atoms with E-state index < -0.39 is 5.41 Å². The number of thiocarbonyl (C=S) groups is 1. The fourth-order valence-corrected chi connectivity index (χ4v) is 3.76. The van der Waals surface area contributed by atoms with Gasteiger partial charge in [0.25, 0.3) is 0 Å². The molecule has 0 radical (unpaired) electrons. The minimum absolute atomic E-state index is 0.0523. The van der Waals surface area contributed by atoms with Gasteiger partial charge in [-0.2, -0.15) is 5.26 Å². The van der Waals surface area contributed by atoms with Gasteiger partial charge in [-0.25, -0.2) is 0 Å². The Hall–Kier alpha value is -1.47. The number of hydrogen-bond donors (Lipinski definition) is 1. The lowest BCUT2D eigenvalue weighted by Crippen LogP contribution is -2.51. The highest BCUT2D eigenvalue weighted by atomic mass is 32.1. The van der Waals surface area contributed by atoms with Gasteiger partial charge in [0.15, 0.2) is 5.78 Å². The standard InChI is InChI=1S/C16H20N2OS/c1-5-6-16(9-17)10(2)13-11(18-14(16)20)7-15(3,4)8-12(13)19/h5,10H,1,6-8H2,2-4H3,(H,18,20)/t10-,16-/m1/s1. The molecule has 0 bridgehead atoms. The van der Waals surface area contributed by atoms with Crippen LogP contribution in [0.25, 0.3) is 0 Å². The predicted molar refractivity (Wildman–Crippen MR) is 82.8 cm³/mol. The second-order valence-electron chi connectivity index (χ2n) is 6.58. The molecule has 0 saturated heterocycles. The molecule has 20 heavy (non-hydrogen) atoms. The Bertz CT molecular complexity index is 568. The Morgan fingerprint density at radius 2 is 2.20 bits per heavy atom. The Kier molecular flexibility index (Phi) is 3.60. The third kappa shape index (κ3) is 2.10. The Morgan fingerprint density at radius 3 is 2.75 bits per heavy atom. The number of nitrogens with zero attached hydrogens (tertiary/aromatic N) is 1. The zero-order valence-electron chi connectivity index (χ0n) is 12.2. The third-order valence-corrected chi connectivity index (χ3v) is 4.89. The molecule has 0 spiro atoms. The van der Waals surface area contributed by atoms with E-state index in [0.29, 0.717) is 17.8 Å². The molecule has 0 amide bonds. The van der Waals surface area contributed by atoms with Gasteiger partial charge in [-0.05, 0) is 18.3 Å². The van der Waals surface area contributed by atoms with E-state index in [4.69, 9.17) is 12.2 Å². The first kappa shape index (κ1) is 14.9. The number of carbonyl (C=O) groups is 1. The van der Waals surface area contributed by atoms with Crippen LogP contribution >= 0.6 is 12.2 Å². The monoisotopic (exact) mass is 288 g/mol. The number of Topliss-reactive ketones (excluding diaryl/α,β-unsaturated/α-hetero) is 1. The minimum Gasteiger partial charge on any atom is -0.352 e. The fourth-order valence-electron chi connectivity index (χ4n) is 3.33. The van der Waals surface area contributed by atoms with Gasteiger partial charge in [-0.3, -0.25) is 4.79 Å². The molecule has 0 saturated carbocycles. The van der Waals surface area contributed by atoms with Crippen LogP contribution in [-0.2, 0) is 4.79 Å². The first-order chi connectivity index (χ1) is 9.27. The van der Waals surface area contributed by atoms with Crippen LogP contribution in [0.2, 0.25) is 0 Å². The number of hydrogen-bond acceptors (Lipinski definition) is 3. The lowest BCUT2D eigenvalue weighted by Gasteiger charge is -2.44. The highest BCUT2D eigenvalue weighted by Gasteiger charge is 2.50. The Balaban J connectivity index is 2.54. The van der Waals surface area contributed by atoms with E-state index in [2.05, 4.69) is 31.8 Å². The molecule has 0 fully saturated rings. The molecule has 1 aliphatic heterocycles. The van der Waals surface area contributed by atoms with Crippen molar-refractivity contribution in [1.29, 1.82) is 5.26 Å². The number of nitriles is 1. The van der Waals surface area contributed by atoms with E-state index in [9.17, 15) is 10.1 Å². The van der Waals surface area contributed by atoms with Crippen LogP contribution in [0, 0.1) is 28.1 Å². The van der Waals surface area contributed by atoms with Gasteiger partial charge in [0.1, 0.15) is 10.4 Å². The fraction of sp³-hybridized carbons (Fsp3) is 0.562. The van der Waals surface area contributed by atoms with Crippen LogP contribution in [0.4, 0.5) is 0 Å². The predicted octanol–water partition coefficient (Wildman–Crippen LogP) is 3.28. The average molecular weight is 288 g/mol. The van der Waals surface area contributed by atoms with Gasteiger partial charge in [0.05, 0.1) is 6.07 Å². The number of allylic oxidation sites excluding steroid dienone is 3. The summed E-state index contributed by atoms with van der Waals surface area (Å²) in [5.74, 6) is -0.0414. The van der Waals surface area contributed by atoms with Crippen LogP contribution in [-0.4, -0.2) is 10.8 Å². The lowest BCUT2D eigenvalue weighted by atomic mass is 9.63. The lowest BCUT2D eigenvalue weighted by molar-refractivity contribution is -0.119. The topological polar surface area (TPSA) is 52.9 Å². The highest BCUT2D eigenvalue weighted by molar-refractivity contribution is 7.80. The quantitative estimate of drug-likeness (QED) is 0.626. The smallest absolute Gasteiger partial charge is 0.161 e. The summed E-state index contributed by atoms with van der Waals surface area (Å²) in [6.07, 6.45) is 3.49. The minimum atomic E-state index is -0.840. The first-order valence-corrected chi connectivity index (χ1v) is 7.28. The Labute approximate surface area is 125 Å². The van der Waals surface area contributed by atoms with Crippen molar-refractivity contribution in [2.45, 2.75) is 40.0 Å². The second kappa shape index (κ2) is 4.82. The molecule has 106 valence electrons. The zero-order chi connectivity index (χ0) is 15.1. The molecule has 1 aliphatic carbocycles. The summed E-state index contributed by atoms with van der Waals surface area (Å²) in [7, 11) is 0. The van der Waals surface area contributed by atoms with Crippen molar-refractivity contribution in [3.05, 3.63) is 23.9 Å². The van der Waals surface area contributed by atoms with E-state index in [1.54, 1.807) is 6.08 Å². The van der Waals surface area contributed by atoms with Gasteiger partial charge in [0, 0.05) is 23.6 Å². The summed E-state index contributed by atoms with van der Waals surface area (Å²) in [6, 6.07) is 2.33. The van der Waals surface area contributed by atoms with Crippen molar-refractivity contribution in [2.75, 3.05) is 0 Å². The van der Waals surface area contributed by atoms with Gasteiger partial charge >= 0.3 is 0 Å². The molecule has 0 unspecified atom stereocenters. The van der Waals surface area contributed by atoms with Crippen LogP contribution in [0.1, 0.15) is 40.0 Å².